The number of para-hydroxylation sites is 1. The average Bonchev–Trinajstić information content (AvgIpc) is 2.66. The van der Waals surface area contributed by atoms with Crippen LogP contribution >= 0.6 is 11.3 Å². The van der Waals surface area contributed by atoms with E-state index in [9.17, 15) is 0 Å². The number of rotatable bonds is 1. The maximum atomic E-state index is 4.14. The fourth-order valence-electron chi connectivity index (χ4n) is 0.803. The second kappa shape index (κ2) is 5.70. The molecule has 1 aromatic heterocycles. The van der Waals surface area contributed by atoms with Crippen LogP contribution in [0.3, 0.4) is 0 Å². The van der Waals surface area contributed by atoms with Crippen LogP contribution < -0.4 is 0 Å². The molecule has 2 heteroatoms. The Bertz CT molecular complexity index is 308. The fraction of sp³-hybridized carbons (Fsp3) is 0.364. The molecule has 0 atom stereocenters. The maximum Gasteiger partial charge on any atom is 0.0812 e. The first-order valence-electron chi connectivity index (χ1n) is 4.66. The molecule has 0 aliphatic carbocycles. The lowest BCUT2D eigenvalue weighted by atomic mass is 10.3. The number of benzene rings is 1. The molecule has 1 aromatic carbocycles. The van der Waals surface area contributed by atoms with Crippen LogP contribution in [0.2, 0.25) is 0 Å². The number of thiazole rings is 1. The molecule has 1 nitrogen and oxygen atoms in total. The summed E-state index contributed by atoms with van der Waals surface area (Å²) in [7, 11) is 0. The van der Waals surface area contributed by atoms with Gasteiger partial charge in [-0.3, -0.25) is 0 Å². The lowest BCUT2D eigenvalue weighted by molar-refractivity contribution is 0.886. The van der Waals surface area contributed by atoms with E-state index >= 15 is 0 Å². The van der Waals surface area contributed by atoms with Crippen molar-refractivity contribution in [3.63, 3.8) is 0 Å². The smallest absolute Gasteiger partial charge is 0.0812 e. The minimum Gasteiger partial charge on any atom is -0.245 e. The summed E-state index contributed by atoms with van der Waals surface area (Å²) >= 11 is 1.68. The van der Waals surface area contributed by atoms with Gasteiger partial charge in [0.25, 0.3) is 0 Å². The van der Waals surface area contributed by atoms with Crippen LogP contribution in [-0.4, -0.2) is 4.98 Å². The van der Waals surface area contributed by atoms with Crippen LogP contribution in [-0.2, 0) is 0 Å². The van der Waals surface area contributed by atoms with Gasteiger partial charge in [-0.05, 0) is 12.1 Å². The second-order valence-electron chi connectivity index (χ2n) is 2.82. The van der Waals surface area contributed by atoms with Gasteiger partial charge < -0.3 is 0 Å². The Hall–Kier alpha value is -0.890. The molecular formula is C11H15NS. The quantitative estimate of drug-likeness (QED) is 0.664. The summed E-state index contributed by atoms with van der Waals surface area (Å²) in [5, 5.41) is 0. The van der Waals surface area contributed by atoms with Gasteiger partial charge in [-0.15, -0.1) is 11.3 Å². The van der Waals surface area contributed by atoms with Gasteiger partial charge in [0, 0.05) is 0 Å². The predicted octanol–water partition coefficient (Wildman–Crippen LogP) is 4.10. The zero-order valence-electron chi connectivity index (χ0n) is 8.16. The van der Waals surface area contributed by atoms with Gasteiger partial charge in [0.05, 0.1) is 15.7 Å². The lowest BCUT2D eigenvalue weighted by Crippen LogP contribution is -1.61. The molecule has 2 aromatic rings. The van der Waals surface area contributed by atoms with Crippen molar-refractivity contribution in [1.29, 1.82) is 0 Å². The van der Waals surface area contributed by atoms with E-state index < -0.39 is 0 Å². The van der Waals surface area contributed by atoms with Crippen LogP contribution in [0.5, 0.6) is 0 Å². The van der Waals surface area contributed by atoms with E-state index in [0.717, 1.165) is 5.52 Å². The van der Waals surface area contributed by atoms with Gasteiger partial charge in [-0.2, -0.15) is 0 Å². The summed E-state index contributed by atoms with van der Waals surface area (Å²) < 4.78 is 1.26. The third-order valence-corrected chi connectivity index (χ3v) is 2.55. The molecule has 0 bridgehead atoms. The predicted molar refractivity (Wildman–Crippen MR) is 60.2 cm³/mol. The molecule has 70 valence electrons. The van der Waals surface area contributed by atoms with Crippen LogP contribution in [0.4, 0.5) is 0 Å². The van der Waals surface area contributed by atoms with Gasteiger partial charge in [-0.1, -0.05) is 38.8 Å². The Kier molecular flexibility index (Phi) is 4.47. The topological polar surface area (TPSA) is 12.9 Å². The highest BCUT2D eigenvalue weighted by Crippen LogP contribution is 2.15. The van der Waals surface area contributed by atoms with Crippen molar-refractivity contribution in [3.05, 3.63) is 29.8 Å². The number of hydrogen-bond donors (Lipinski definition) is 0. The molecule has 0 amide bonds. The van der Waals surface area contributed by atoms with E-state index in [4.69, 9.17) is 0 Å². The molecular weight excluding hydrogens is 178 g/mol. The van der Waals surface area contributed by atoms with Crippen LogP contribution in [0.1, 0.15) is 26.7 Å². The van der Waals surface area contributed by atoms with Crippen molar-refractivity contribution >= 4 is 21.6 Å². The highest BCUT2D eigenvalue weighted by atomic mass is 32.1. The monoisotopic (exact) mass is 193 g/mol. The normalized spacial score (nSPS) is 9.38. The molecule has 1 heterocycles. The molecule has 0 aliphatic heterocycles. The largest absolute Gasteiger partial charge is 0.245 e. The van der Waals surface area contributed by atoms with Gasteiger partial charge in [0.15, 0.2) is 0 Å². The first-order valence-corrected chi connectivity index (χ1v) is 5.54. The molecule has 0 saturated carbocycles. The molecule has 0 fully saturated rings. The van der Waals surface area contributed by atoms with Crippen LogP contribution in [0, 0.1) is 0 Å². The van der Waals surface area contributed by atoms with E-state index in [1.54, 1.807) is 11.3 Å². The van der Waals surface area contributed by atoms with Crippen molar-refractivity contribution in [2.75, 3.05) is 0 Å². The van der Waals surface area contributed by atoms with Crippen molar-refractivity contribution in [2.24, 2.45) is 0 Å². The minimum absolute atomic E-state index is 1.10. The summed E-state index contributed by atoms with van der Waals surface area (Å²) in [6.45, 7) is 4.36. The zero-order valence-corrected chi connectivity index (χ0v) is 8.97. The number of hydrogen-bond acceptors (Lipinski definition) is 2. The molecule has 0 spiro atoms. The summed E-state index contributed by atoms with van der Waals surface area (Å²) in [5.41, 5.74) is 2.97. The van der Waals surface area contributed by atoms with Crippen molar-refractivity contribution in [2.45, 2.75) is 26.7 Å². The summed E-state index contributed by atoms with van der Waals surface area (Å²) in [5.74, 6) is 0. The summed E-state index contributed by atoms with van der Waals surface area (Å²) in [4.78, 5) is 4.14. The van der Waals surface area contributed by atoms with Crippen molar-refractivity contribution in [3.8, 4) is 0 Å². The van der Waals surface area contributed by atoms with E-state index in [1.165, 1.54) is 17.5 Å². The maximum absolute atomic E-state index is 4.14. The first kappa shape index (κ1) is 10.2. The molecule has 13 heavy (non-hydrogen) atoms. The molecule has 0 saturated heterocycles. The third kappa shape index (κ3) is 3.15. The molecule has 0 aliphatic rings. The Balaban J connectivity index is 0.000000184. The Morgan fingerprint density at radius 3 is 2.46 bits per heavy atom. The Morgan fingerprint density at radius 2 is 1.85 bits per heavy atom. The Labute approximate surface area is 83.4 Å². The second-order valence-corrected chi connectivity index (χ2v) is 3.71. The Morgan fingerprint density at radius 1 is 1.15 bits per heavy atom. The number of unbranched alkanes of at least 4 members (excludes halogenated alkanes) is 1. The highest BCUT2D eigenvalue weighted by Gasteiger charge is 1.89. The van der Waals surface area contributed by atoms with Crippen molar-refractivity contribution < 1.29 is 0 Å². The number of fused-ring (bicyclic) bond motifs is 1. The van der Waals surface area contributed by atoms with E-state index in [1.807, 2.05) is 23.7 Å². The van der Waals surface area contributed by atoms with E-state index in [2.05, 4.69) is 24.9 Å². The highest BCUT2D eigenvalue weighted by molar-refractivity contribution is 7.16. The summed E-state index contributed by atoms with van der Waals surface area (Å²) in [6.07, 6.45) is 2.64. The standard InChI is InChI=1S/C7H5NS.C4H10/c1-2-4-7-6(3-1)8-5-9-7;1-3-4-2/h1-5H;3-4H2,1-2H3. The molecule has 0 unspecified atom stereocenters. The number of aromatic nitrogens is 1. The first-order chi connectivity index (χ1) is 6.38. The molecule has 2 rings (SSSR count). The summed E-state index contributed by atoms with van der Waals surface area (Å²) in [6, 6.07) is 8.13. The van der Waals surface area contributed by atoms with Gasteiger partial charge in [0.1, 0.15) is 0 Å². The average molecular weight is 193 g/mol. The molecule has 0 radical (unpaired) electrons. The fourth-order valence-corrected chi connectivity index (χ4v) is 1.48. The number of nitrogens with zero attached hydrogens (tertiary/aromatic N) is 1. The SMILES string of the molecule is CCCC.c1ccc2scnc2c1. The van der Waals surface area contributed by atoms with Crippen LogP contribution in [0.25, 0.3) is 10.2 Å². The minimum atomic E-state index is 1.10. The zero-order chi connectivity index (χ0) is 9.52. The van der Waals surface area contributed by atoms with E-state index in [-0.39, 0.29) is 0 Å². The lowest BCUT2D eigenvalue weighted by Gasteiger charge is -1.80. The third-order valence-electron chi connectivity index (χ3n) is 1.74. The molecule has 0 N–H and O–H groups in total. The van der Waals surface area contributed by atoms with E-state index in [0.29, 0.717) is 0 Å². The van der Waals surface area contributed by atoms with Crippen molar-refractivity contribution in [1.82, 2.24) is 4.98 Å². The van der Waals surface area contributed by atoms with Gasteiger partial charge >= 0.3 is 0 Å². The van der Waals surface area contributed by atoms with Gasteiger partial charge in [-0.25, -0.2) is 4.98 Å². The van der Waals surface area contributed by atoms with Gasteiger partial charge in [0.2, 0.25) is 0 Å². The van der Waals surface area contributed by atoms with Crippen LogP contribution in [0.15, 0.2) is 29.8 Å².